The third-order valence-electron chi connectivity index (χ3n) is 3.65. The van der Waals surface area contributed by atoms with E-state index < -0.39 is 0 Å². The topological polar surface area (TPSA) is 44.4 Å². The molecule has 0 saturated carbocycles. The molecule has 1 saturated heterocycles. The number of nitrogens with one attached hydrogen (secondary N) is 2. The molecule has 1 aliphatic rings. The maximum absolute atomic E-state index is 12.1. The van der Waals surface area contributed by atoms with Crippen LogP contribution in [0.25, 0.3) is 0 Å². The van der Waals surface area contributed by atoms with Crippen LogP contribution < -0.4 is 10.6 Å². The van der Waals surface area contributed by atoms with Crippen LogP contribution in [0.5, 0.6) is 0 Å². The maximum Gasteiger partial charge on any atom is 0.238 e. The van der Waals surface area contributed by atoms with Gasteiger partial charge < -0.3 is 10.6 Å². The van der Waals surface area contributed by atoms with E-state index in [-0.39, 0.29) is 18.3 Å². The van der Waals surface area contributed by atoms with E-state index in [0.717, 1.165) is 36.4 Å². The molecule has 1 aromatic carbocycles. The standard InChI is InChI=1S/C15H23N3O.ClH/c1-11-4-5-12(2)14(8-11)17-15(19)10-18-7-6-16-9-13(18)3;/h4-5,8,13,16H,6-7,9-10H2,1-3H3,(H,17,19);1H/t13-;/m0./s1. The van der Waals surface area contributed by atoms with Gasteiger partial charge in [-0.05, 0) is 38.0 Å². The average molecular weight is 298 g/mol. The van der Waals surface area contributed by atoms with Crippen LogP contribution >= 0.6 is 12.4 Å². The normalized spacial score (nSPS) is 19.2. The number of hydrogen-bond acceptors (Lipinski definition) is 3. The Balaban J connectivity index is 0.00000200. The Labute approximate surface area is 127 Å². The first-order valence-electron chi connectivity index (χ1n) is 6.88. The zero-order valence-electron chi connectivity index (χ0n) is 12.4. The minimum absolute atomic E-state index is 0. The number of nitrogens with zero attached hydrogens (tertiary/aromatic N) is 1. The highest BCUT2D eigenvalue weighted by molar-refractivity contribution is 5.93. The van der Waals surface area contributed by atoms with Gasteiger partial charge in [-0.3, -0.25) is 9.69 Å². The Morgan fingerprint density at radius 1 is 1.45 bits per heavy atom. The lowest BCUT2D eigenvalue weighted by Crippen LogP contribution is -2.52. The second kappa shape index (κ2) is 7.62. The summed E-state index contributed by atoms with van der Waals surface area (Å²) in [5, 5.41) is 6.35. The number of rotatable bonds is 3. The summed E-state index contributed by atoms with van der Waals surface area (Å²) in [6.07, 6.45) is 0. The number of anilines is 1. The van der Waals surface area contributed by atoms with Crippen molar-refractivity contribution in [2.24, 2.45) is 0 Å². The van der Waals surface area contributed by atoms with Gasteiger partial charge in [0.1, 0.15) is 0 Å². The SMILES string of the molecule is Cc1ccc(C)c(NC(=O)CN2CCNC[C@@H]2C)c1.Cl. The monoisotopic (exact) mass is 297 g/mol. The lowest BCUT2D eigenvalue weighted by atomic mass is 10.1. The van der Waals surface area contributed by atoms with Gasteiger partial charge in [0.2, 0.25) is 5.91 Å². The Morgan fingerprint density at radius 3 is 2.90 bits per heavy atom. The summed E-state index contributed by atoms with van der Waals surface area (Å²) in [5.74, 6) is 0.0717. The first kappa shape index (κ1) is 17.0. The van der Waals surface area contributed by atoms with Crippen LogP contribution in [0.2, 0.25) is 0 Å². The molecule has 1 amide bonds. The van der Waals surface area contributed by atoms with Crippen LogP contribution in [0.1, 0.15) is 18.1 Å². The van der Waals surface area contributed by atoms with E-state index in [0.29, 0.717) is 12.6 Å². The second-order valence-corrected chi connectivity index (χ2v) is 5.39. The van der Waals surface area contributed by atoms with Gasteiger partial charge in [-0.15, -0.1) is 12.4 Å². The lowest BCUT2D eigenvalue weighted by molar-refractivity contribution is -0.118. The van der Waals surface area contributed by atoms with Crippen LogP contribution in [-0.2, 0) is 4.79 Å². The van der Waals surface area contributed by atoms with Gasteiger partial charge in [0.05, 0.1) is 6.54 Å². The largest absolute Gasteiger partial charge is 0.325 e. The fourth-order valence-electron chi connectivity index (χ4n) is 2.36. The third-order valence-corrected chi connectivity index (χ3v) is 3.65. The van der Waals surface area contributed by atoms with Crippen molar-refractivity contribution >= 4 is 24.0 Å². The average Bonchev–Trinajstić information content (AvgIpc) is 2.37. The number of halogens is 1. The Kier molecular flexibility index (Phi) is 6.46. The van der Waals surface area contributed by atoms with Crippen LogP contribution in [0.4, 0.5) is 5.69 Å². The van der Waals surface area contributed by atoms with Crippen LogP contribution in [0.3, 0.4) is 0 Å². The number of hydrogen-bond donors (Lipinski definition) is 2. The number of amides is 1. The van der Waals surface area contributed by atoms with Crippen molar-refractivity contribution < 1.29 is 4.79 Å². The van der Waals surface area contributed by atoms with Crippen molar-refractivity contribution in [1.82, 2.24) is 10.2 Å². The van der Waals surface area contributed by atoms with Gasteiger partial charge >= 0.3 is 0 Å². The number of benzene rings is 1. The van der Waals surface area contributed by atoms with E-state index >= 15 is 0 Å². The Morgan fingerprint density at radius 2 is 2.20 bits per heavy atom. The second-order valence-electron chi connectivity index (χ2n) is 5.39. The van der Waals surface area contributed by atoms with Crippen molar-refractivity contribution in [3.05, 3.63) is 29.3 Å². The summed E-state index contributed by atoms with van der Waals surface area (Å²) in [6.45, 7) is 9.52. The fourth-order valence-corrected chi connectivity index (χ4v) is 2.36. The molecule has 2 rings (SSSR count). The fraction of sp³-hybridized carbons (Fsp3) is 0.533. The molecular formula is C15H24ClN3O. The minimum Gasteiger partial charge on any atom is -0.325 e. The van der Waals surface area contributed by atoms with Gasteiger partial charge in [-0.25, -0.2) is 0 Å². The lowest BCUT2D eigenvalue weighted by Gasteiger charge is -2.33. The molecule has 1 heterocycles. The molecule has 2 N–H and O–H groups in total. The van der Waals surface area contributed by atoms with Gasteiger partial charge in [-0.1, -0.05) is 12.1 Å². The Hall–Kier alpha value is -1.10. The zero-order chi connectivity index (χ0) is 13.8. The van der Waals surface area contributed by atoms with Crippen molar-refractivity contribution in [3.63, 3.8) is 0 Å². The molecule has 0 radical (unpaired) electrons. The maximum atomic E-state index is 12.1. The van der Waals surface area contributed by atoms with Gasteiger partial charge in [0, 0.05) is 31.4 Å². The van der Waals surface area contributed by atoms with Crippen molar-refractivity contribution in [3.8, 4) is 0 Å². The summed E-state index contributed by atoms with van der Waals surface area (Å²) in [4.78, 5) is 14.3. The van der Waals surface area contributed by atoms with E-state index in [9.17, 15) is 4.79 Å². The zero-order valence-corrected chi connectivity index (χ0v) is 13.2. The highest BCUT2D eigenvalue weighted by Gasteiger charge is 2.20. The predicted molar refractivity (Wildman–Crippen MR) is 85.7 cm³/mol. The molecule has 0 spiro atoms. The highest BCUT2D eigenvalue weighted by Crippen LogP contribution is 2.16. The first-order chi connectivity index (χ1) is 9.06. The van der Waals surface area contributed by atoms with E-state index in [4.69, 9.17) is 0 Å². The minimum atomic E-state index is 0. The summed E-state index contributed by atoms with van der Waals surface area (Å²) in [6, 6.07) is 6.54. The van der Waals surface area contributed by atoms with Crippen molar-refractivity contribution in [2.45, 2.75) is 26.8 Å². The van der Waals surface area contributed by atoms with Crippen molar-refractivity contribution in [1.29, 1.82) is 0 Å². The molecule has 5 heteroatoms. The van der Waals surface area contributed by atoms with Gasteiger partial charge in [0.25, 0.3) is 0 Å². The molecule has 4 nitrogen and oxygen atoms in total. The van der Waals surface area contributed by atoms with Gasteiger partial charge in [-0.2, -0.15) is 0 Å². The molecule has 1 fully saturated rings. The smallest absolute Gasteiger partial charge is 0.238 e. The summed E-state index contributed by atoms with van der Waals surface area (Å²) in [7, 11) is 0. The molecule has 1 aromatic rings. The Bertz CT molecular complexity index is 464. The van der Waals surface area contributed by atoms with E-state index in [1.807, 2.05) is 26.0 Å². The van der Waals surface area contributed by atoms with Gasteiger partial charge in [0.15, 0.2) is 0 Å². The van der Waals surface area contributed by atoms with E-state index in [1.54, 1.807) is 0 Å². The van der Waals surface area contributed by atoms with E-state index in [2.05, 4.69) is 28.5 Å². The van der Waals surface area contributed by atoms with Crippen LogP contribution in [0, 0.1) is 13.8 Å². The number of aryl methyl sites for hydroxylation is 2. The predicted octanol–water partition coefficient (Wildman–Crippen LogP) is 1.96. The molecule has 0 unspecified atom stereocenters. The molecular weight excluding hydrogens is 274 g/mol. The number of carbonyl (C=O) groups is 1. The van der Waals surface area contributed by atoms with Crippen LogP contribution in [-0.4, -0.2) is 43.0 Å². The number of piperazine rings is 1. The molecule has 0 aliphatic carbocycles. The van der Waals surface area contributed by atoms with Crippen LogP contribution in [0.15, 0.2) is 18.2 Å². The summed E-state index contributed by atoms with van der Waals surface area (Å²) < 4.78 is 0. The first-order valence-corrected chi connectivity index (χ1v) is 6.88. The molecule has 1 atom stereocenters. The summed E-state index contributed by atoms with van der Waals surface area (Å²) in [5.41, 5.74) is 3.19. The van der Waals surface area contributed by atoms with E-state index in [1.165, 1.54) is 0 Å². The molecule has 112 valence electrons. The number of carbonyl (C=O) groups excluding carboxylic acids is 1. The molecule has 0 bridgehead atoms. The molecule has 1 aliphatic heterocycles. The third kappa shape index (κ3) is 4.47. The summed E-state index contributed by atoms with van der Waals surface area (Å²) >= 11 is 0. The van der Waals surface area contributed by atoms with Crippen molar-refractivity contribution in [2.75, 3.05) is 31.5 Å². The molecule has 0 aromatic heterocycles. The quantitative estimate of drug-likeness (QED) is 0.896. The highest BCUT2D eigenvalue weighted by atomic mass is 35.5. The molecule has 20 heavy (non-hydrogen) atoms.